The molecule has 3 nitrogen and oxygen atoms in total. The van der Waals surface area contributed by atoms with Gasteiger partial charge in [0, 0.05) is 24.5 Å². The van der Waals surface area contributed by atoms with Gasteiger partial charge in [0.05, 0.1) is 19.3 Å². The summed E-state index contributed by atoms with van der Waals surface area (Å²) < 4.78 is 24.5. The van der Waals surface area contributed by atoms with E-state index in [1.54, 1.807) is 12.1 Å². The van der Waals surface area contributed by atoms with E-state index < -0.39 is 11.9 Å². The molecule has 0 radical (unpaired) electrons. The molecule has 0 spiro atoms. The molecule has 0 saturated carbocycles. The number of ether oxygens (including phenoxy) is 2. The maximum atomic E-state index is 13.6. The summed E-state index contributed by atoms with van der Waals surface area (Å²) in [6.07, 6.45) is 0.965. The Balaban J connectivity index is 2.04. The zero-order chi connectivity index (χ0) is 12.3. The van der Waals surface area contributed by atoms with E-state index >= 15 is 0 Å². The third-order valence-electron chi connectivity index (χ3n) is 2.89. The van der Waals surface area contributed by atoms with Crippen LogP contribution in [0.5, 0.6) is 5.75 Å². The van der Waals surface area contributed by atoms with Crippen LogP contribution in [0.1, 0.15) is 31.4 Å². The van der Waals surface area contributed by atoms with Gasteiger partial charge in [-0.25, -0.2) is 4.39 Å². The van der Waals surface area contributed by atoms with Gasteiger partial charge in [0.1, 0.15) is 17.7 Å². The number of hydrogen-bond donors (Lipinski definition) is 1. The van der Waals surface area contributed by atoms with Crippen LogP contribution in [0.3, 0.4) is 0 Å². The van der Waals surface area contributed by atoms with Crippen LogP contribution in [0.15, 0.2) is 18.2 Å². The van der Waals surface area contributed by atoms with E-state index in [1.807, 2.05) is 0 Å². The molecule has 0 unspecified atom stereocenters. The summed E-state index contributed by atoms with van der Waals surface area (Å²) in [4.78, 5) is 0. The van der Waals surface area contributed by atoms with Crippen LogP contribution >= 0.6 is 0 Å². The summed E-state index contributed by atoms with van der Waals surface area (Å²) in [6.45, 7) is 2.93. The van der Waals surface area contributed by atoms with Gasteiger partial charge in [-0.05, 0) is 19.1 Å². The van der Waals surface area contributed by atoms with Gasteiger partial charge in [0.2, 0.25) is 0 Å². The van der Waals surface area contributed by atoms with Crippen molar-refractivity contribution in [3.63, 3.8) is 0 Å². The van der Waals surface area contributed by atoms with E-state index in [0.29, 0.717) is 24.5 Å². The average molecular weight is 240 g/mol. The summed E-state index contributed by atoms with van der Waals surface area (Å²) in [5.74, 6) is 0.0864. The minimum Gasteiger partial charge on any atom is -0.490 e. The van der Waals surface area contributed by atoms with Crippen molar-refractivity contribution in [2.75, 3.05) is 13.2 Å². The number of rotatable bonds is 3. The number of halogens is 1. The highest BCUT2D eigenvalue weighted by molar-refractivity contribution is 5.30. The minimum atomic E-state index is -0.799. The van der Waals surface area contributed by atoms with E-state index in [0.717, 1.165) is 12.8 Å². The molecule has 1 aromatic rings. The third-order valence-corrected chi connectivity index (χ3v) is 2.89. The Kier molecular flexibility index (Phi) is 3.97. The normalized spacial score (nSPS) is 19.0. The summed E-state index contributed by atoms with van der Waals surface area (Å²) in [7, 11) is 0. The topological polar surface area (TPSA) is 38.7 Å². The zero-order valence-corrected chi connectivity index (χ0v) is 9.86. The fraction of sp³-hybridized carbons (Fsp3) is 0.538. The highest BCUT2D eigenvalue weighted by Gasteiger charge is 2.16. The Labute approximate surface area is 100 Å². The molecule has 1 aliphatic rings. The van der Waals surface area contributed by atoms with Crippen molar-refractivity contribution >= 4 is 0 Å². The Bertz CT molecular complexity index is 373. The molecule has 1 saturated heterocycles. The third kappa shape index (κ3) is 3.17. The van der Waals surface area contributed by atoms with Crippen molar-refractivity contribution in [2.45, 2.75) is 32.0 Å². The Morgan fingerprint density at radius 3 is 2.71 bits per heavy atom. The monoisotopic (exact) mass is 240 g/mol. The first kappa shape index (κ1) is 12.3. The molecule has 1 heterocycles. The molecule has 1 N–H and O–H groups in total. The van der Waals surface area contributed by atoms with Gasteiger partial charge in [-0.1, -0.05) is 0 Å². The lowest BCUT2D eigenvalue weighted by Crippen LogP contribution is -2.25. The molecule has 17 heavy (non-hydrogen) atoms. The first-order chi connectivity index (χ1) is 8.16. The molecule has 1 fully saturated rings. The van der Waals surface area contributed by atoms with Crippen LogP contribution in [0.25, 0.3) is 0 Å². The first-order valence-corrected chi connectivity index (χ1v) is 5.88. The lowest BCUT2D eigenvalue weighted by molar-refractivity contribution is 0.0254. The van der Waals surface area contributed by atoms with Crippen LogP contribution in [0.4, 0.5) is 4.39 Å². The van der Waals surface area contributed by atoms with Crippen molar-refractivity contribution in [1.82, 2.24) is 0 Å². The molecular weight excluding hydrogens is 223 g/mol. The van der Waals surface area contributed by atoms with Crippen LogP contribution in [-0.2, 0) is 4.74 Å². The molecule has 0 bridgehead atoms. The molecule has 0 aromatic heterocycles. The van der Waals surface area contributed by atoms with Gasteiger partial charge in [0.25, 0.3) is 0 Å². The minimum absolute atomic E-state index is 0.0977. The number of aliphatic hydroxyl groups is 1. The highest BCUT2D eigenvalue weighted by atomic mass is 19.1. The standard InChI is InChI=1S/C13H17FO3/c1-9(15)12-3-2-11(8-13(12)14)17-10-4-6-16-7-5-10/h2-3,8-10,15H,4-7H2,1H3/t9-/m1/s1. The van der Waals surface area contributed by atoms with Crippen LogP contribution in [0, 0.1) is 5.82 Å². The van der Waals surface area contributed by atoms with E-state index in [-0.39, 0.29) is 6.10 Å². The molecule has 94 valence electrons. The maximum absolute atomic E-state index is 13.6. The zero-order valence-electron chi connectivity index (χ0n) is 9.86. The Morgan fingerprint density at radius 1 is 1.41 bits per heavy atom. The predicted molar refractivity (Wildman–Crippen MR) is 61.5 cm³/mol. The second-order valence-electron chi connectivity index (χ2n) is 4.29. The first-order valence-electron chi connectivity index (χ1n) is 5.88. The summed E-state index contributed by atoms with van der Waals surface area (Å²) in [6, 6.07) is 4.59. The van der Waals surface area contributed by atoms with E-state index in [4.69, 9.17) is 9.47 Å². The van der Waals surface area contributed by atoms with Crippen molar-refractivity contribution < 1.29 is 19.0 Å². The summed E-state index contributed by atoms with van der Waals surface area (Å²) >= 11 is 0. The van der Waals surface area contributed by atoms with Crippen LogP contribution in [-0.4, -0.2) is 24.4 Å². The lowest BCUT2D eigenvalue weighted by atomic mass is 10.1. The van der Waals surface area contributed by atoms with Gasteiger partial charge in [-0.3, -0.25) is 0 Å². The molecule has 0 aliphatic carbocycles. The van der Waals surface area contributed by atoms with Gasteiger partial charge in [-0.15, -0.1) is 0 Å². The van der Waals surface area contributed by atoms with Crippen molar-refractivity contribution in [2.24, 2.45) is 0 Å². The smallest absolute Gasteiger partial charge is 0.132 e. The fourth-order valence-corrected chi connectivity index (χ4v) is 1.91. The highest BCUT2D eigenvalue weighted by Crippen LogP contribution is 2.24. The molecule has 4 heteroatoms. The quantitative estimate of drug-likeness (QED) is 0.882. The van der Waals surface area contributed by atoms with Crippen LogP contribution in [0.2, 0.25) is 0 Å². The Hall–Kier alpha value is -1.13. The summed E-state index contributed by atoms with van der Waals surface area (Å²) in [5.41, 5.74) is 0.296. The molecule has 1 aliphatic heterocycles. The van der Waals surface area contributed by atoms with Crippen molar-refractivity contribution in [3.05, 3.63) is 29.6 Å². The molecule has 2 rings (SSSR count). The second kappa shape index (κ2) is 5.47. The van der Waals surface area contributed by atoms with E-state index in [1.165, 1.54) is 13.0 Å². The van der Waals surface area contributed by atoms with E-state index in [9.17, 15) is 9.50 Å². The van der Waals surface area contributed by atoms with Gasteiger partial charge in [-0.2, -0.15) is 0 Å². The maximum Gasteiger partial charge on any atom is 0.132 e. The van der Waals surface area contributed by atoms with Gasteiger partial charge < -0.3 is 14.6 Å². The second-order valence-corrected chi connectivity index (χ2v) is 4.29. The van der Waals surface area contributed by atoms with Gasteiger partial charge >= 0.3 is 0 Å². The number of aliphatic hydroxyl groups excluding tert-OH is 1. The predicted octanol–water partition coefficient (Wildman–Crippen LogP) is 2.44. The lowest BCUT2D eigenvalue weighted by Gasteiger charge is -2.23. The number of benzene rings is 1. The molecule has 1 aromatic carbocycles. The van der Waals surface area contributed by atoms with Crippen molar-refractivity contribution in [1.29, 1.82) is 0 Å². The fourth-order valence-electron chi connectivity index (χ4n) is 1.91. The van der Waals surface area contributed by atoms with Crippen LogP contribution < -0.4 is 4.74 Å². The van der Waals surface area contributed by atoms with Crippen molar-refractivity contribution in [3.8, 4) is 5.75 Å². The largest absolute Gasteiger partial charge is 0.490 e. The summed E-state index contributed by atoms with van der Waals surface area (Å²) in [5, 5.41) is 9.32. The number of hydrogen-bond acceptors (Lipinski definition) is 3. The van der Waals surface area contributed by atoms with E-state index in [2.05, 4.69) is 0 Å². The Morgan fingerprint density at radius 2 is 2.12 bits per heavy atom. The molecule has 0 amide bonds. The average Bonchev–Trinajstić information content (AvgIpc) is 2.30. The molecular formula is C13H17FO3. The van der Waals surface area contributed by atoms with Gasteiger partial charge in [0.15, 0.2) is 0 Å². The SMILES string of the molecule is C[C@@H](O)c1ccc(OC2CCOCC2)cc1F. The molecule has 1 atom stereocenters.